The fourth-order valence-electron chi connectivity index (χ4n) is 2.88. The number of carbonyl (C=O) groups is 1. The molecule has 0 bridgehead atoms. The predicted molar refractivity (Wildman–Crippen MR) is 121 cm³/mol. The van der Waals surface area contributed by atoms with Gasteiger partial charge in [0.2, 0.25) is 5.91 Å². The standard InChI is InChI=1S/C22H21BrN2O4S/c1-16-8-13-21(29-2)20(14-16)25(30(27,28)19-6-4-3-5-7-19)15-22(26)24-18-11-9-17(23)10-12-18/h3-14H,15H2,1-2H3,(H,24,26). The SMILES string of the molecule is COc1ccc(C)cc1N(CC(=O)Nc1ccc(Br)cc1)S(=O)(=O)c1ccccc1. The second kappa shape index (κ2) is 9.32. The second-order valence-electron chi connectivity index (χ2n) is 6.56. The molecule has 30 heavy (non-hydrogen) atoms. The van der Waals surface area contributed by atoms with Crippen LogP contribution in [0.2, 0.25) is 0 Å². The molecule has 0 atom stereocenters. The zero-order valence-electron chi connectivity index (χ0n) is 16.5. The molecule has 3 rings (SSSR count). The largest absolute Gasteiger partial charge is 0.495 e. The van der Waals surface area contributed by atoms with Gasteiger partial charge in [0.25, 0.3) is 10.0 Å². The number of anilines is 2. The first kappa shape index (κ1) is 21.9. The molecule has 0 heterocycles. The lowest BCUT2D eigenvalue weighted by Gasteiger charge is -2.26. The Morgan fingerprint density at radius 2 is 1.70 bits per heavy atom. The Bertz CT molecular complexity index is 1130. The third kappa shape index (κ3) is 5.01. The monoisotopic (exact) mass is 488 g/mol. The van der Waals surface area contributed by atoms with Crippen molar-refractivity contribution in [2.24, 2.45) is 0 Å². The Labute approximate surface area is 184 Å². The van der Waals surface area contributed by atoms with Gasteiger partial charge in [0.05, 0.1) is 17.7 Å². The summed E-state index contributed by atoms with van der Waals surface area (Å²) in [5.41, 5.74) is 1.70. The number of amides is 1. The summed E-state index contributed by atoms with van der Waals surface area (Å²) in [5.74, 6) is -0.114. The van der Waals surface area contributed by atoms with Crippen molar-refractivity contribution in [1.29, 1.82) is 0 Å². The summed E-state index contributed by atoms with van der Waals surface area (Å²) in [4.78, 5) is 12.9. The zero-order valence-corrected chi connectivity index (χ0v) is 18.9. The summed E-state index contributed by atoms with van der Waals surface area (Å²) < 4.78 is 34.2. The highest BCUT2D eigenvalue weighted by Crippen LogP contribution is 2.33. The molecule has 0 radical (unpaired) electrons. The van der Waals surface area contributed by atoms with E-state index in [0.29, 0.717) is 17.1 Å². The van der Waals surface area contributed by atoms with E-state index in [1.807, 2.05) is 13.0 Å². The Hall–Kier alpha value is -2.84. The maximum atomic E-state index is 13.4. The molecular weight excluding hydrogens is 468 g/mol. The van der Waals surface area contributed by atoms with Gasteiger partial charge in [-0.3, -0.25) is 9.10 Å². The third-order valence-corrected chi connectivity index (χ3v) is 6.65. The summed E-state index contributed by atoms with van der Waals surface area (Å²) >= 11 is 3.34. The Kier molecular flexibility index (Phi) is 6.79. The van der Waals surface area contributed by atoms with Gasteiger partial charge in [0, 0.05) is 10.2 Å². The van der Waals surface area contributed by atoms with Crippen LogP contribution >= 0.6 is 15.9 Å². The molecule has 0 aliphatic carbocycles. The molecule has 0 saturated carbocycles. The summed E-state index contributed by atoms with van der Waals surface area (Å²) in [7, 11) is -2.55. The first-order chi connectivity index (χ1) is 14.3. The number of carbonyl (C=O) groups excluding carboxylic acids is 1. The van der Waals surface area contributed by atoms with Gasteiger partial charge in [-0.25, -0.2) is 8.42 Å². The van der Waals surface area contributed by atoms with E-state index in [-0.39, 0.29) is 4.90 Å². The average Bonchev–Trinajstić information content (AvgIpc) is 2.74. The summed E-state index contributed by atoms with van der Waals surface area (Å²) in [5, 5.41) is 2.74. The van der Waals surface area contributed by atoms with E-state index >= 15 is 0 Å². The number of methoxy groups -OCH3 is 1. The number of rotatable bonds is 7. The van der Waals surface area contributed by atoms with Gasteiger partial charge in [0.15, 0.2) is 0 Å². The molecular formula is C22H21BrN2O4S. The fourth-order valence-corrected chi connectivity index (χ4v) is 4.59. The van der Waals surface area contributed by atoms with Crippen LogP contribution in [0.5, 0.6) is 5.75 Å². The minimum absolute atomic E-state index is 0.0880. The van der Waals surface area contributed by atoms with Crippen LogP contribution in [0.25, 0.3) is 0 Å². The highest BCUT2D eigenvalue weighted by atomic mass is 79.9. The van der Waals surface area contributed by atoms with Gasteiger partial charge in [-0.15, -0.1) is 0 Å². The van der Waals surface area contributed by atoms with E-state index in [4.69, 9.17) is 4.74 Å². The summed E-state index contributed by atoms with van der Waals surface area (Å²) in [6.45, 7) is 1.44. The van der Waals surface area contributed by atoms with Crippen molar-refractivity contribution in [3.05, 3.63) is 82.8 Å². The molecule has 1 N–H and O–H groups in total. The van der Waals surface area contributed by atoms with E-state index in [1.165, 1.54) is 19.2 Å². The van der Waals surface area contributed by atoms with Crippen LogP contribution in [-0.4, -0.2) is 28.0 Å². The van der Waals surface area contributed by atoms with Crippen molar-refractivity contribution < 1.29 is 17.9 Å². The van der Waals surface area contributed by atoms with Crippen molar-refractivity contribution in [2.45, 2.75) is 11.8 Å². The Balaban J connectivity index is 2.01. The molecule has 1 amide bonds. The average molecular weight is 489 g/mol. The number of nitrogens with zero attached hydrogens (tertiary/aromatic N) is 1. The van der Waals surface area contributed by atoms with Crippen molar-refractivity contribution >= 4 is 43.2 Å². The van der Waals surface area contributed by atoms with Crippen LogP contribution in [0.1, 0.15) is 5.56 Å². The first-order valence-corrected chi connectivity index (χ1v) is 11.3. The second-order valence-corrected chi connectivity index (χ2v) is 9.33. The van der Waals surface area contributed by atoms with Gasteiger partial charge in [-0.2, -0.15) is 0 Å². The van der Waals surface area contributed by atoms with Gasteiger partial charge in [-0.05, 0) is 61.0 Å². The number of sulfonamides is 1. The lowest BCUT2D eigenvalue weighted by molar-refractivity contribution is -0.114. The van der Waals surface area contributed by atoms with Gasteiger partial charge >= 0.3 is 0 Å². The number of halogens is 1. The number of hydrogen-bond donors (Lipinski definition) is 1. The topological polar surface area (TPSA) is 75.7 Å². The normalized spacial score (nSPS) is 11.0. The highest BCUT2D eigenvalue weighted by Gasteiger charge is 2.29. The van der Waals surface area contributed by atoms with Crippen LogP contribution in [0.3, 0.4) is 0 Å². The minimum Gasteiger partial charge on any atom is -0.495 e. The highest BCUT2D eigenvalue weighted by molar-refractivity contribution is 9.10. The lowest BCUT2D eigenvalue weighted by Crippen LogP contribution is -2.38. The molecule has 0 aromatic heterocycles. The van der Waals surface area contributed by atoms with Crippen LogP contribution in [0.15, 0.2) is 82.2 Å². The maximum Gasteiger partial charge on any atom is 0.264 e. The molecule has 0 spiro atoms. The molecule has 0 aliphatic heterocycles. The lowest BCUT2D eigenvalue weighted by atomic mass is 10.2. The molecule has 0 fully saturated rings. The van der Waals surface area contributed by atoms with Crippen molar-refractivity contribution in [3.63, 3.8) is 0 Å². The predicted octanol–water partition coefficient (Wildman–Crippen LogP) is 4.60. The van der Waals surface area contributed by atoms with Crippen LogP contribution in [0.4, 0.5) is 11.4 Å². The third-order valence-electron chi connectivity index (χ3n) is 4.35. The molecule has 3 aromatic rings. The van der Waals surface area contributed by atoms with Crippen molar-refractivity contribution in [2.75, 3.05) is 23.3 Å². The number of hydrogen-bond acceptors (Lipinski definition) is 4. The smallest absolute Gasteiger partial charge is 0.264 e. The number of ether oxygens (including phenoxy) is 1. The number of benzene rings is 3. The van der Waals surface area contributed by atoms with E-state index < -0.39 is 22.5 Å². The van der Waals surface area contributed by atoms with Crippen LogP contribution < -0.4 is 14.4 Å². The van der Waals surface area contributed by atoms with Gasteiger partial charge in [0.1, 0.15) is 12.3 Å². The molecule has 3 aromatic carbocycles. The van der Waals surface area contributed by atoms with Crippen molar-refractivity contribution in [1.82, 2.24) is 0 Å². The van der Waals surface area contributed by atoms with Crippen molar-refractivity contribution in [3.8, 4) is 5.75 Å². The fraction of sp³-hybridized carbons (Fsp3) is 0.136. The molecule has 0 unspecified atom stereocenters. The molecule has 0 aliphatic rings. The number of aryl methyl sites for hydroxylation is 1. The van der Waals surface area contributed by atoms with Crippen LogP contribution in [-0.2, 0) is 14.8 Å². The summed E-state index contributed by atoms with van der Waals surface area (Å²) in [6, 6.07) is 20.2. The Morgan fingerprint density at radius 1 is 1.03 bits per heavy atom. The zero-order chi connectivity index (χ0) is 21.7. The van der Waals surface area contributed by atoms with Gasteiger partial charge < -0.3 is 10.1 Å². The first-order valence-electron chi connectivity index (χ1n) is 9.09. The maximum absolute atomic E-state index is 13.4. The number of nitrogens with one attached hydrogen (secondary N) is 1. The van der Waals surface area contributed by atoms with E-state index in [9.17, 15) is 13.2 Å². The van der Waals surface area contributed by atoms with E-state index in [2.05, 4.69) is 21.2 Å². The molecule has 156 valence electrons. The van der Waals surface area contributed by atoms with Gasteiger partial charge in [-0.1, -0.05) is 40.2 Å². The quantitative estimate of drug-likeness (QED) is 0.527. The van der Waals surface area contributed by atoms with Crippen LogP contribution in [0, 0.1) is 6.92 Å². The molecule has 6 nitrogen and oxygen atoms in total. The minimum atomic E-state index is -4.01. The van der Waals surface area contributed by atoms with E-state index in [1.54, 1.807) is 54.6 Å². The molecule has 0 saturated heterocycles. The Morgan fingerprint density at radius 3 is 2.33 bits per heavy atom. The van der Waals surface area contributed by atoms with E-state index in [0.717, 1.165) is 14.3 Å². The molecule has 8 heteroatoms. The summed E-state index contributed by atoms with van der Waals surface area (Å²) in [6.07, 6.45) is 0.